The second-order valence-electron chi connectivity index (χ2n) is 13.6. The summed E-state index contributed by atoms with van der Waals surface area (Å²) >= 11 is 1.07. The van der Waals surface area contributed by atoms with E-state index in [4.69, 9.17) is 42.6 Å². The fraction of sp³-hybridized carbons (Fsp3) is 0.111. The standard InChI is InChI=1S/C31H20N2O8S.C14H10O4/c34-30-29(18-5-9-25-27(12-18)38-15-36-25)21(31(35,41-30)19-6-8-22-23(13-19)33-42-32-22)11-17-3-1-2-4-24(17)40-20-7-10-26-28(14-20)39-16-37-26;15-8-10-3-1-2-4-12(10)18-11-5-6-13-14(7-11)17-9-16-13/h1-10,12-14,35H,11,15-16H2;1-8H,9H2. The molecule has 0 radical (unpaired) electrons. The van der Waals surface area contributed by atoms with Crippen molar-refractivity contribution in [2.45, 2.75) is 12.2 Å². The average molecular weight is 823 g/mol. The van der Waals surface area contributed by atoms with Gasteiger partial charge in [-0.1, -0.05) is 36.4 Å². The summed E-state index contributed by atoms with van der Waals surface area (Å²) in [7, 11) is 0. The molecule has 298 valence electrons. The number of aliphatic hydroxyl groups is 1. The van der Waals surface area contributed by atoms with E-state index in [0.29, 0.717) is 90.8 Å². The van der Waals surface area contributed by atoms with E-state index in [0.717, 1.165) is 23.6 Å². The highest BCUT2D eigenvalue weighted by atomic mass is 32.1. The first-order valence-electron chi connectivity index (χ1n) is 18.5. The van der Waals surface area contributed by atoms with Crippen molar-refractivity contribution in [2.24, 2.45) is 0 Å². The highest BCUT2D eigenvalue weighted by Gasteiger charge is 2.48. The van der Waals surface area contributed by atoms with Gasteiger partial charge in [0.1, 0.15) is 34.0 Å². The summed E-state index contributed by atoms with van der Waals surface area (Å²) in [6.07, 6.45) is 0.891. The Hall–Kier alpha value is -7.62. The number of carbonyl (C=O) groups is 2. The van der Waals surface area contributed by atoms with Gasteiger partial charge in [0, 0.05) is 29.7 Å². The van der Waals surface area contributed by atoms with Crippen molar-refractivity contribution in [1.82, 2.24) is 8.75 Å². The number of hydrogen-bond donors (Lipinski definition) is 1. The molecule has 15 heteroatoms. The number of fused-ring (bicyclic) bond motifs is 4. The summed E-state index contributed by atoms with van der Waals surface area (Å²) in [4.78, 5) is 24.4. The number of aromatic nitrogens is 2. The number of nitrogens with zero attached hydrogens (tertiary/aromatic N) is 2. The number of ether oxygens (including phenoxy) is 9. The Morgan fingerprint density at radius 1 is 0.633 bits per heavy atom. The van der Waals surface area contributed by atoms with E-state index >= 15 is 0 Å². The predicted octanol–water partition coefficient (Wildman–Crippen LogP) is 8.36. The summed E-state index contributed by atoms with van der Waals surface area (Å²) in [6, 6.07) is 35.4. The van der Waals surface area contributed by atoms with Crippen LogP contribution in [0.1, 0.15) is 27.0 Å². The van der Waals surface area contributed by atoms with Crippen LogP contribution in [0.5, 0.6) is 57.5 Å². The normalized spacial score (nSPS) is 16.6. The zero-order valence-electron chi connectivity index (χ0n) is 31.2. The third kappa shape index (κ3) is 6.91. The first-order chi connectivity index (χ1) is 29.4. The molecule has 0 saturated heterocycles. The number of para-hydroxylation sites is 2. The van der Waals surface area contributed by atoms with Gasteiger partial charge in [-0.2, -0.15) is 8.75 Å². The van der Waals surface area contributed by atoms with Gasteiger partial charge in [-0.05, 0) is 83.9 Å². The van der Waals surface area contributed by atoms with Crippen LogP contribution in [-0.2, 0) is 21.7 Å². The van der Waals surface area contributed by atoms with E-state index in [1.54, 1.807) is 91.0 Å². The molecule has 6 aromatic carbocycles. The van der Waals surface area contributed by atoms with Crippen molar-refractivity contribution in [1.29, 1.82) is 0 Å². The van der Waals surface area contributed by atoms with Crippen LogP contribution in [0.25, 0.3) is 16.6 Å². The third-order valence-electron chi connectivity index (χ3n) is 9.99. The lowest BCUT2D eigenvalue weighted by Crippen LogP contribution is -2.29. The molecule has 11 rings (SSSR count). The van der Waals surface area contributed by atoms with Crippen LogP contribution in [0.2, 0.25) is 0 Å². The van der Waals surface area contributed by atoms with E-state index in [-0.39, 0.29) is 32.4 Å². The Morgan fingerprint density at radius 2 is 1.22 bits per heavy atom. The number of benzene rings is 6. The molecule has 7 aromatic rings. The maximum absolute atomic E-state index is 13.6. The highest BCUT2D eigenvalue weighted by Crippen LogP contribution is 2.48. The largest absolute Gasteiger partial charge is 0.457 e. The van der Waals surface area contributed by atoms with E-state index in [9.17, 15) is 14.7 Å². The number of aldehydes is 1. The molecule has 60 heavy (non-hydrogen) atoms. The summed E-state index contributed by atoms with van der Waals surface area (Å²) in [5.41, 5.74) is 3.95. The van der Waals surface area contributed by atoms with Crippen LogP contribution in [0, 0.1) is 0 Å². The topological polar surface area (TPSA) is 163 Å². The van der Waals surface area contributed by atoms with Crippen LogP contribution in [0.4, 0.5) is 0 Å². The van der Waals surface area contributed by atoms with Crippen molar-refractivity contribution < 1.29 is 57.3 Å². The number of cyclic esters (lactones) is 1. The Bertz CT molecular complexity index is 2860. The van der Waals surface area contributed by atoms with Crippen molar-refractivity contribution in [2.75, 3.05) is 20.4 Å². The lowest BCUT2D eigenvalue weighted by Gasteiger charge is -2.26. The summed E-state index contributed by atoms with van der Waals surface area (Å²) < 4.78 is 58.7. The number of carbonyl (C=O) groups excluding carboxylic acids is 2. The van der Waals surface area contributed by atoms with Gasteiger partial charge in [0.05, 0.1) is 22.9 Å². The zero-order chi connectivity index (χ0) is 40.6. The van der Waals surface area contributed by atoms with E-state index in [1.165, 1.54) is 0 Å². The van der Waals surface area contributed by atoms with Gasteiger partial charge in [-0.25, -0.2) is 4.79 Å². The molecule has 0 bridgehead atoms. The molecule has 5 heterocycles. The fourth-order valence-corrected chi connectivity index (χ4v) is 7.58. The minimum Gasteiger partial charge on any atom is -0.457 e. The van der Waals surface area contributed by atoms with Crippen LogP contribution in [0.15, 0.2) is 127 Å². The molecule has 0 spiro atoms. The summed E-state index contributed by atoms with van der Waals surface area (Å²) in [6.45, 7) is 0.469. The Balaban J connectivity index is 0.000000201. The summed E-state index contributed by atoms with van der Waals surface area (Å²) in [5.74, 6) is 3.13. The van der Waals surface area contributed by atoms with Gasteiger partial charge in [0.25, 0.3) is 5.79 Å². The van der Waals surface area contributed by atoms with Crippen LogP contribution < -0.4 is 37.9 Å². The Morgan fingerprint density at radius 3 is 1.92 bits per heavy atom. The predicted molar refractivity (Wildman–Crippen MR) is 214 cm³/mol. The quantitative estimate of drug-likeness (QED) is 0.109. The molecule has 1 atom stereocenters. The maximum atomic E-state index is 13.6. The SMILES string of the molecule is O=C1OC(O)(c2ccc3nsnc3c2)C(Cc2ccccc2Oc2ccc3c(c2)OCO3)=C1c1ccc2c(c1)OCO2.O=Cc1ccccc1Oc1ccc2c(c1)OCO2. The van der Waals surface area contributed by atoms with E-state index in [1.807, 2.05) is 30.3 Å². The van der Waals surface area contributed by atoms with Gasteiger partial charge >= 0.3 is 5.97 Å². The Labute approximate surface area is 344 Å². The molecule has 0 saturated carbocycles. The van der Waals surface area contributed by atoms with Crippen molar-refractivity contribution in [3.8, 4) is 57.5 Å². The lowest BCUT2D eigenvalue weighted by molar-refractivity contribution is -0.185. The molecular formula is C45H30N2O12S. The van der Waals surface area contributed by atoms with Crippen molar-refractivity contribution in [3.63, 3.8) is 0 Å². The number of hydrogen-bond acceptors (Lipinski definition) is 15. The van der Waals surface area contributed by atoms with Gasteiger partial charge in [0.15, 0.2) is 40.8 Å². The fourth-order valence-electron chi connectivity index (χ4n) is 7.06. The third-order valence-corrected chi connectivity index (χ3v) is 10.5. The van der Waals surface area contributed by atoms with Gasteiger partial charge in [-0.15, -0.1) is 0 Å². The maximum Gasteiger partial charge on any atom is 0.342 e. The van der Waals surface area contributed by atoms with Crippen molar-refractivity contribution in [3.05, 3.63) is 149 Å². The molecule has 0 amide bonds. The molecule has 14 nitrogen and oxygen atoms in total. The Kier molecular flexibility index (Phi) is 9.35. The monoisotopic (exact) mass is 822 g/mol. The average Bonchev–Trinajstić information content (AvgIpc) is 4.13. The summed E-state index contributed by atoms with van der Waals surface area (Å²) in [5, 5.41) is 12.2. The molecule has 1 N–H and O–H groups in total. The number of esters is 1. The molecule has 4 aliphatic heterocycles. The van der Waals surface area contributed by atoms with Gasteiger partial charge < -0.3 is 47.7 Å². The first kappa shape index (κ1) is 36.7. The number of rotatable bonds is 9. The molecule has 1 unspecified atom stereocenters. The van der Waals surface area contributed by atoms with Crippen LogP contribution >= 0.6 is 11.7 Å². The van der Waals surface area contributed by atoms with E-state index < -0.39 is 11.8 Å². The van der Waals surface area contributed by atoms with E-state index in [2.05, 4.69) is 8.75 Å². The molecule has 1 aromatic heterocycles. The van der Waals surface area contributed by atoms with Gasteiger partial charge in [-0.3, -0.25) is 4.79 Å². The van der Waals surface area contributed by atoms with Crippen LogP contribution in [0.3, 0.4) is 0 Å². The first-order valence-corrected chi connectivity index (χ1v) is 19.2. The molecule has 4 aliphatic rings. The zero-order valence-corrected chi connectivity index (χ0v) is 32.0. The molecule has 0 fully saturated rings. The smallest absolute Gasteiger partial charge is 0.342 e. The minimum atomic E-state index is -2.08. The van der Waals surface area contributed by atoms with Crippen molar-refractivity contribution >= 4 is 40.6 Å². The van der Waals surface area contributed by atoms with Crippen LogP contribution in [-0.4, -0.2) is 46.5 Å². The molecule has 0 aliphatic carbocycles. The second-order valence-corrected chi connectivity index (χ2v) is 14.1. The highest BCUT2D eigenvalue weighted by molar-refractivity contribution is 7.00. The second kappa shape index (κ2) is 15.3. The minimum absolute atomic E-state index is 0.0886. The van der Waals surface area contributed by atoms with Gasteiger partial charge in [0.2, 0.25) is 20.4 Å². The lowest BCUT2D eigenvalue weighted by atomic mass is 9.87. The molecular weight excluding hydrogens is 793 g/mol.